The van der Waals surface area contributed by atoms with Gasteiger partial charge in [-0.2, -0.15) is 13.2 Å². The van der Waals surface area contributed by atoms with Crippen LogP contribution in [0.25, 0.3) is 0 Å². The summed E-state index contributed by atoms with van der Waals surface area (Å²) in [5.74, 6) is -0.310. The lowest BCUT2D eigenvalue weighted by Crippen LogP contribution is -2.15. The van der Waals surface area contributed by atoms with Crippen molar-refractivity contribution in [1.82, 2.24) is 4.98 Å². The lowest BCUT2D eigenvalue weighted by molar-refractivity contribution is -0.137. The van der Waals surface area contributed by atoms with E-state index in [1.807, 2.05) is 24.3 Å². The Labute approximate surface area is 159 Å². The molecular weight excluding hydrogens is 385 g/mol. The topological polar surface area (TPSA) is 42.0 Å². The van der Waals surface area contributed by atoms with Crippen molar-refractivity contribution in [2.24, 2.45) is 0 Å². The summed E-state index contributed by atoms with van der Waals surface area (Å²) in [6, 6.07) is 8.31. The van der Waals surface area contributed by atoms with Crippen LogP contribution in [0, 0.1) is 0 Å². The number of carbonyl (C=O) groups is 1. The molecule has 1 N–H and O–H groups in total. The van der Waals surface area contributed by atoms with Crippen molar-refractivity contribution in [2.75, 3.05) is 11.1 Å². The Morgan fingerprint density at radius 1 is 1.15 bits per heavy atom. The maximum Gasteiger partial charge on any atom is 0.417 e. The molecule has 0 bridgehead atoms. The predicted molar refractivity (Wildman–Crippen MR) is 98.7 cm³/mol. The second-order valence-corrected chi connectivity index (χ2v) is 8.04. The van der Waals surface area contributed by atoms with Gasteiger partial charge in [0.25, 0.3) is 0 Å². The zero-order valence-corrected chi connectivity index (χ0v) is 16.0. The summed E-state index contributed by atoms with van der Waals surface area (Å²) >= 11 is 6.80. The summed E-state index contributed by atoms with van der Waals surface area (Å²) in [4.78, 5) is 15.7. The molecule has 1 heterocycles. The number of nitrogens with one attached hydrogen (secondary N) is 1. The Morgan fingerprint density at radius 3 is 2.27 bits per heavy atom. The first-order chi connectivity index (χ1) is 12.0. The second kappa shape index (κ2) is 7.88. The van der Waals surface area contributed by atoms with Crippen LogP contribution in [0.5, 0.6) is 0 Å². The van der Waals surface area contributed by atoms with E-state index in [1.165, 1.54) is 0 Å². The molecule has 140 valence electrons. The molecule has 0 radical (unpaired) electrons. The lowest BCUT2D eigenvalue weighted by Gasteiger charge is -2.19. The SMILES string of the molecule is CC(C)(C)c1ccc(NC(=O)CSc2ncc(C(F)(F)F)cc2Cl)cc1. The quantitative estimate of drug-likeness (QED) is 0.659. The minimum Gasteiger partial charge on any atom is -0.325 e. The molecule has 0 aliphatic carbocycles. The number of halogens is 4. The first-order valence-corrected chi connectivity index (χ1v) is 9.09. The minimum absolute atomic E-state index is 0.0148. The van der Waals surface area contributed by atoms with Gasteiger partial charge >= 0.3 is 6.18 Å². The van der Waals surface area contributed by atoms with E-state index in [1.54, 1.807) is 0 Å². The van der Waals surface area contributed by atoms with E-state index in [2.05, 4.69) is 31.1 Å². The van der Waals surface area contributed by atoms with Crippen molar-refractivity contribution < 1.29 is 18.0 Å². The van der Waals surface area contributed by atoms with E-state index >= 15 is 0 Å². The first-order valence-electron chi connectivity index (χ1n) is 7.73. The third-order valence-electron chi connectivity index (χ3n) is 3.51. The van der Waals surface area contributed by atoms with Gasteiger partial charge in [0.15, 0.2) is 0 Å². The highest BCUT2D eigenvalue weighted by molar-refractivity contribution is 8.00. The van der Waals surface area contributed by atoms with Crippen LogP contribution >= 0.6 is 23.4 Å². The number of thioether (sulfide) groups is 1. The van der Waals surface area contributed by atoms with Crippen molar-refractivity contribution >= 4 is 35.0 Å². The molecule has 2 aromatic rings. The van der Waals surface area contributed by atoms with Crippen LogP contribution in [0.15, 0.2) is 41.6 Å². The van der Waals surface area contributed by atoms with Crippen LogP contribution in [0.3, 0.4) is 0 Å². The minimum atomic E-state index is -4.50. The normalized spacial score (nSPS) is 12.1. The number of aromatic nitrogens is 1. The molecule has 1 aromatic carbocycles. The van der Waals surface area contributed by atoms with Crippen molar-refractivity contribution in [3.8, 4) is 0 Å². The number of alkyl halides is 3. The monoisotopic (exact) mass is 402 g/mol. The number of hydrogen-bond acceptors (Lipinski definition) is 3. The predicted octanol–water partition coefficient (Wildman–Crippen LogP) is 5.78. The van der Waals surface area contributed by atoms with Gasteiger partial charge in [0.05, 0.1) is 16.3 Å². The van der Waals surface area contributed by atoms with E-state index in [0.29, 0.717) is 11.9 Å². The Bertz CT molecular complexity index is 787. The van der Waals surface area contributed by atoms with E-state index in [4.69, 9.17) is 11.6 Å². The van der Waals surface area contributed by atoms with E-state index < -0.39 is 11.7 Å². The van der Waals surface area contributed by atoms with Crippen LogP contribution in [0.1, 0.15) is 31.9 Å². The summed E-state index contributed by atoms with van der Waals surface area (Å²) in [5, 5.41) is 2.78. The largest absolute Gasteiger partial charge is 0.417 e. The molecule has 8 heteroatoms. The van der Waals surface area contributed by atoms with Gasteiger partial charge in [0.2, 0.25) is 5.91 Å². The van der Waals surface area contributed by atoms with E-state index in [-0.39, 0.29) is 27.1 Å². The van der Waals surface area contributed by atoms with Crippen LogP contribution in [0.2, 0.25) is 5.02 Å². The molecule has 0 aliphatic rings. The van der Waals surface area contributed by atoms with Crippen LogP contribution in [-0.4, -0.2) is 16.6 Å². The number of nitrogens with zero attached hydrogens (tertiary/aromatic N) is 1. The number of carbonyl (C=O) groups excluding carboxylic acids is 1. The molecule has 0 saturated carbocycles. The smallest absolute Gasteiger partial charge is 0.325 e. The zero-order valence-electron chi connectivity index (χ0n) is 14.4. The number of pyridine rings is 1. The van der Waals surface area contributed by atoms with E-state index in [9.17, 15) is 18.0 Å². The summed E-state index contributed by atoms with van der Waals surface area (Å²) in [7, 11) is 0. The van der Waals surface area contributed by atoms with Crippen LogP contribution in [-0.2, 0) is 16.4 Å². The maximum absolute atomic E-state index is 12.6. The molecule has 1 amide bonds. The van der Waals surface area contributed by atoms with Gasteiger partial charge in [-0.05, 0) is 29.2 Å². The molecule has 0 atom stereocenters. The van der Waals surface area contributed by atoms with Crippen molar-refractivity contribution in [3.05, 3.63) is 52.7 Å². The van der Waals surface area contributed by atoms with Gasteiger partial charge in [-0.25, -0.2) is 4.98 Å². The Morgan fingerprint density at radius 2 is 1.77 bits per heavy atom. The zero-order chi connectivity index (χ0) is 19.5. The van der Waals surface area contributed by atoms with Gasteiger partial charge in [-0.1, -0.05) is 56.3 Å². The average molecular weight is 403 g/mol. The molecule has 26 heavy (non-hydrogen) atoms. The Hall–Kier alpha value is -1.73. The van der Waals surface area contributed by atoms with Gasteiger partial charge in [0, 0.05) is 11.9 Å². The van der Waals surface area contributed by atoms with Crippen LogP contribution < -0.4 is 5.32 Å². The number of hydrogen-bond donors (Lipinski definition) is 1. The van der Waals surface area contributed by atoms with Gasteiger partial charge in [-0.15, -0.1) is 0 Å². The fourth-order valence-electron chi connectivity index (χ4n) is 2.07. The number of rotatable bonds is 4. The lowest BCUT2D eigenvalue weighted by atomic mass is 9.87. The molecule has 3 nitrogen and oxygen atoms in total. The second-order valence-electron chi connectivity index (χ2n) is 6.67. The Kier molecular flexibility index (Phi) is 6.24. The van der Waals surface area contributed by atoms with Crippen molar-refractivity contribution in [3.63, 3.8) is 0 Å². The molecule has 0 saturated heterocycles. The molecule has 1 aromatic heterocycles. The highest BCUT2D eigenvalue weighted by Crippen LogP contribution is 2.33. The van der Waals surface area contributed by atoms with Crippen molar-refractivity contribution in [1.29, 1.82) is 0 Å². The van der Waals surface area contributed by atoms with Crippen LogP contribution in [0.4, 0.5) is 18.9 Å². The molecule has 0 fully saturated rings. The molecule has 2 rings (SSSR count). The third kappa shape index (κ3) is 5.64. The number of amides is 1. The summed E-state index contributed by atoms with van der Waals surface area (Å²) in [6.45, 7) is 6.29. The average Bonchev–Trinajstić information content (AvgIpc) is 2.52. The summed E-state index contributed by atoms with van der Waals surface area (Å²) in [6.07, 6.45) is -3.80. The third-order valence-corrected chi connectivity index (χ3v) is 4.91. The fourth-order valence-corrected chi connectivity index (χ4v) is 3.07. The highest BCUT2D eigenvalue weighted by atomic mass is 35.5. The van der Waals surface area contributed by atoms with Crippen molar-refractivity contribution in [2.45, 2.75) is 37.4 Å². The summed E-state index contributed by atoms with van der Waals surface area (Å²) in [5.41, 5.74) is 0.888. The molecule has 0 unspecified atom stereocenters. The van der Waals surface area contributed by atoms with Gasteiger partial charge < -0.3 is 5.32 Å². The van der Waals surface area contributed by atoms with Gasteiger partial charge in [-0.3, -0.25) is 4.79 Å². The molecular formula is C18H18ClF3N2OS. The number of benzene rings is 1. The van der Waals surface area contributed by atoms with E-state index in [0.717, 1.165) is 23.4 Å². The molecule has 0 aliphatic heterocycles. The number of anilines is 1. The van der Waals surface area contributed by atoms with Gasteiger partial charge in [0.1, 0.15) is 5.03 Å². The fraction of sp³-hybridized carbons (Fsp3) is 0.333. The molecule has 0 spiro atoms. The standard InChI is InChI=1S/C18H18ClF3N2OS/c1-17(2,3)11-4-6-13(7-5-11)24-15(25)10-26-16-14(19)8-12(9-23-16)18(20,21)22/h4-9H,10H2,1-3H3,(H,24,25). The Balaban J connectivity index is 1.95. The highest BCUT2D eigenvalue weighted by Gasteiger charge is 2.31. The summed E-state index contributed by atoms with van der Waals surface area (Å²) < 4.78 is 37.8. The first kappa shape index (κ1) is 20.6. The maximum atomic E-state index is 12.6.